The van der Waals surface area contributed by atoms with Crippen molar-refractivity contribution < 1.29 is 23.9 Å². The second kappa shape index (κ2) is 5.48. The molecular formula is C5H8Hf+2. The summed E-state index contributed by atoms with van der Waals surface area (Å²) >= 11 is 1.23. The summed E-state index contributed by atoms with van der Waals surface area (Å²) in [6, 6.07) is 0. The molecule has 0 N–H and O–H groups in total. The molecule has 0 aliphatic carbocycles. The van der Waals surface area contributed by atoms with Gasteiger partial charge < -0.3 is 0 Å². The zero-order chi connectivity index (χ0) is 4.83. The minimum absolute atomic E-state index is 1.16. The molecule has 0 aromatic rings. The number of unbranched alkanes of at least 4 members (excludes halogenated alkanes) is 1. The van der Waals surface area contributed by atoms with Crippen molar-refractivity contribution in [2.45, 2.75) is 12.8 Å². The van der Waals surface area contributed by atoms with Crippen LogP contribution in [0.5, 0.6) is 0 Å². The Balaban J connectivity index is 2.66. The maximum absolute atomic E-state index is 3.59. The van der Waals surface area contributed by atoms with Crippen LogP contribution < -0.4 is 0 Å². The van der Waals surface area contributed by atoms with Crippen molar-refractivity contribution in [1.82, 2.24) is 0 Å². The van der Waals surface area contributed by atoms with Gasteiger partial charge in [0.05, 0.1) is 0 Å². The fourth-order valence-corrected chi connectivity index (χ4v) is 0.800. The molecule has 1 heteroatoms. The van der Waals surface area contributed by atoms with Crippen LogP contribution in [0.4, 0.5) is 0 Å². The van der Waals surface area contributed by atoms with Crippen molar-refractivity contribution in [3.8, 4) is 0 Å². The fourth-order valence-electron chi connectivity index (χ4n) is 0.201. The SMILES string of the molecule is C=CCC[CH]=[Hf+2]. The molecular weight excluding hydrogens is 239 g/mol. The van der Waals surface area contributed by atoms with E-state index in [-0.39, 0.29) is 0 Å². The Bertz CT molecular complexity index is 39.9. The molecule has 0 unspecified atom stereocenters. The van der Waals surface area contributed by atoms with Crippen LogP contribution in [-0.4, -0.2) is 3.76 Å². The van der Waals surface area contributed by atoms with Gasteiger partial charge in [0, 0.05) is 0 Å². The number of hydrogen-bond donors (Lipinski definition) is 0. The molecule has 0 rings (SSSR count). The first kappa shape index (κ1) is 6.48. The Morgan fingerprint density at radius 3 is 2.33 bits per heavy atom. The van der Waals surface area contributed by atoms with E-state index in [1.165, 1.54) is 30.3 Å². The molecule has 0 aliphatic heterocycles. The summed E-state index contributed by atoms with van der Waals surface area (Å²) in [6.07, 6.45) is 4.34. The van der Waals surface area contributed by atoms with Crippen molar-refractivity contribution in [2.24, 2.45) is 0 Å². The van der Waals surface area contributed by atoms with Gasteiger partial charge >= 0.3 is 53.1 Å². The third-order valence-corrected chi connectivity index (χ3v) is 1.55. The molecule has 0 atom stereocenters. The number of hydrogen-bond acceptors (Lipinski definition) is 0. The summed E-state index contributed by atoms with van der Waals surface area (Å²) in [5, 5.41) is 0. The van der Waals surface area contributed by atoms with Gasteiger partial charge in [0.2, 0.25) is 0 Å². The summed E-state index contributed by atoms with van der Waals surface area (Å²) in [6.45, 7) is 3.59. The van der Waals surface area contributed by atoms with Crippen molar-refractivity contribution in [3.63, 3.8) is 0 Å². The normalized spacial score (nSPS) is 7.67. The molecule has 30 valence electrons. The quantitative estimate of drug-likeness (QED) is 0.400. The van der Waals surface area contributed by atoms with E-state index in [0.717, 1.165) is 6.42 Å². The topological polar surface area (TPSA) is 0 Å². The monoisotopic (exact) mass is 248 g/mol. The molecule has 0 amide bonds. The van der Waals surface area contributed by atoms with Crippen LogP contribution in [-0.2, 0) is 23.9 Å². The fraction of sp³-hybridized carbons (Fsp3) is 0.400. The first-order chi connectivity index (χ1) is 2.91. The zero-order valence-electron chi connectivity index (χ0n) is 3.78. The zero-order valence-corrected chi connectivity index (χ0v) is 7.37. The molecule has 0 spiro atoms. The first-order valence-electron chi connectivity index (χ1n) is 2.01. The molecule has 0 nitrogen and oxygen atoms in total. The van der Waals surface area contributed by atoms with E-state index in [4.69, 9.17) is 0 Å². The van der Waals surface area contributed by atoms with Crippen molar-refractivity contribution in [1.29, 1.82) is 0 Å². The molecule has 0 aromatic carbocycles. The molecule has 0 aliphatic rings. The van der Waals surface area contributed by atoms with E-state index in [1.807, 2.05) is 6.08 Å². The van der Waals surface area contributed by atoms with E-state index < -0.39 is 0 Å². The van der Waals surface area contributed by atoms with E-state index in [0.29, 0.717) is 0 Å². The van der Waals surface area contributed by atoms with E-state index in [9.17, 15) is 0 Å². The third-order valence-electron chi connectivity index (χ3n) is 0.515. The van der Waals surface area contributed by atoms with Gasteiger partial charge in [0.15, 0.2) is 0 Å². The van der Waals surface area contributed by atoms with Gasteiger partial charge in [0.1, 0.15) is 0 Å². The summed E-state index contributed by atoms with van der Waals surface area (Å²) < 4.78 is 2.28. The van der Waals surface area contributed by atoms with Crippen LogP contribution in [0.15, 0.2) is 12.7 Å². The molecule has 0 saturated carbocycles. The maximum atomic E-state index is 3.59. The van der Waals surface area contributed by atoms with Gasteiger partial charge in [0.25, 0.3) is 0 Å². The Hall–Kier alpha value is 0.480. The van der Waals surface area contributed by atoms with Crippen LogP contribution in [0.2, 0.25) is 0 Å². The second-order valence-electron chi connectivity index (χ2n) is 1.07. The van der Waals surface area contributed by atoms with E-state index in [1.54, 1.807) is 0 Å². The average molecular weight is 247 g/mol. The predicted molar refractivity (Wildman–Crippen MR) is 25.5 cm³/mol. The van der Waals surface area contributed by atoms with Crippen LogP contribution in [0.1, 0.15) is 12.8 Å². The number of rotatable bonds is 3. The number of allylic oxidation sites excluding steroid dienone is 1. The first-order valence-corrected chi connectivity index (χ1v) is 4.09. The van der Waals surface area contributed by atoms with E-state index in [2.05, 4.69) is 10.3 Å². The molecule has 0 radical (unpaired) electrons. The Labute approximate surface area is 53.3 Å². The average Bonchev–Trinajstić information content (AvgIpc) is 1.61. The Morgan fingerprint density at radius 2 is 2.17 bits per heavy atom. The summed E-state index contributed by atoms with van der Waals surface area (Å²) in [7, 11) is 0. The molecule has 6 heavy (non-hydrogen) atoms. The van der Waals surface area contributed by atoms with Crippen LogP contribution in [0.25, 0.3) is 0 Å². The Morgan fingerprint density at radius 1 is 1.50 bits per heavy atom. The standard InChI is InChI=1S/C5H8.Hf/c1-3-5-4-2;/h1,4H,2-3,5H2;/q;+2. The molecule has 0 saturated heterocycles. The third kappa shape index (κ3) is 4.48. The van der Waals surface area contributed by atoms with Crippen LogP contribution in [0, 0.1) is 0 Å². The minimum atomic E-state index is 1.16. The molecule has 0 fully saturated rings. The summed E-state index contributed by atoms with van der Waals surface area (Å²) in [4.78, 5) is 0. The summed E-state index contributed by atoms with van der Waals surface area (Å²) in [5.74, 6) is 0. The second-order valence-corrected chi connectivity index (χ2v) is 2.54. The van der Waals surface area contributed by atoms with Gasteiger partial charge in [-0.2, -0.15) is 0 Å². The van der Waals surface area contributed by atoms with Gasteiger partial charge in [-0.15, -0.1) is 0 Å². The Kier molecular flexibility index (Phi) is 5.92. The summed E-state index contributed by atoms with van der Waals surface area (Å²) in [5.41, 5.74) is 0. The predicted octanol–water partition coefficient (Wildman–Crippen LogP) is 1.30. The van der Waals surface area contributed by atoms with Gasteiger partial charge in [-0.1, -0.05) is 0 Å². The van der Waals surface area contributed by atoms with Gasteiger partial charge in [-0.25, -0.2) is 0 Å². The van der Waals surface area contributed by atoms with Crippen molar-refractivity contribution in [3.05, 3.63) is 12.7 Å². The van der Waals surface area contributed by atoms with Crippen LogP contribution in [0.3, 0.4) is 0 Å². The van der Waals surface area contributed by atoms with Gasteiger partial charge in [-0.3, -0.25) is 0 Å². The van der Waals surface area contributed by atoms with Crippen molar-refractivity contribution in [2.75, 3.05) is 0 Å². The van der Waals surface area contributed by atoms with Crippen molar-refractivity contribution >= 4 is 3.76 Å². The molecule has 0 heterocycles. The van der Waals surface area contributed by atoms with Gasteiger partial charge in [-0.05, 0) is 0 Å². The molecule has 0 bridgehead atoms. The molecule has 0 aromatic heterocycles. The van der Waals surface area contributed by atoms with Crippen LogP contribution >= 0.6 is 0 Å². The van der Waals surface area contributed by atoms with E-state index >= 15 is 0 Å².